The molecule has 2 aromatic carbocycles. The molecule has 2 N–H and O–H groups in total. The van der Waals surface area contributed by atoms with Crippen LogP contribution in [0.4, 0.5) is 0 Å². The summed E-state index contributed by atoms with van der Waals surface area (Å²) >= 11 is 0. The molecule has 0 radical (unpaired) electrons. The average molecular weight is 356 g/mol. The predicted octanol–water partition coefficient (Wildman–Crippen LogP) is 3.48. The van der Waals surface area contributed by atoms with Crippen LogP contribution in [0.5, 0.6) is 0 Å². The van der Waals surface area contributed by atoms with Crippen LogP contribution in [0.1, 0.15) is 23.4 Å². The Bertz CT molecular complexity index is 776. The highest BCUT2D eigenvalue weighted by Crippen LogP contribution is 2.36. The summed E-state index contributed by atoms with van der Waals surface area (Å²) < 4.78 is 2.05. The maximum absolute atomic E-state index is 12.7. The Morgan fingerprint density at radius 1 is 1.04 bits per heavy atom. The number of hydrogen-bond acceptors (Lipinski definition) is 2. The standard InChI is InChI=1S/C20H21N3O.ClH/c1-16-22-13-15-23(16)14-12-20(19(21)24,17-8-4-2-5-9-17)18-10-6-3-7-11-18;/h2-11,13,15H,12,14H2,1H3,(H2,21,24);1H. The van der Waals surface area contributed by atoms with E-state index in [4.69, 9.17) is 5.73 Å². The fourth-order valence-electron chi connectivity index (χ4n) is 3.24. The number of rotatable bonds is 6. The summed E-state index contributed by atoms with van der Waals surface area (Å²) in [6, 6.07) is 19.5. The minimum absolute atomic E-state index is 0. The van der Waals surface area contributed by atoms with Gasteiger partial charge in [-0.3, -0.25) is 4.79 Å². The average Bonchev–Trinajstić information content (AvgIpc) is 3.02. The van der Waals surface area contributed by atoms with Crippen molar-refractivity contribution in [3.05, 3.63) is 90.0 Å². The first-order valence-electron chi connectivity index (χ1n) is 8.03. The molecular formula is C20H22ClN3O. The van der Waals surface area contributed by atoms with Crippen LogP contribution in [0.2, 0.25) is 0 Å². The Balaban J connectivity index is 0.00000225. The van der Waals surface area contributed by atoms with E-state index in [1.165, 1.54) is 0 Å². The maximum atomic E-state index is 12.7. The minimum Gasteiger partial charge on any atom is -0.369 e. The van der Waals surface area contributed by atoms with E-state index in [0.29, 0.717) is 13.0 Å². The highest BCUT2D eigenvalue weighted by Gasteiger charge is 2.40. The zero-order valence-corrected chi connectivity index (χ0v) is 14.9. The van der Waals surface area contributed by atoms with Gasteiger partial charge in [-0.1, -0.05) is 60.7 Å². The van der Waals surface area contributed by atoms with Gasteiger partial charge in [-0.2, -0.15) is 0 Å². The summed E-state index contributed by atoms with van der Waals surface area (Å²) in [5.74, 6) is 0.590. The number of benzene rings is 2. The first-order valence-corrected chi connectivity index (χ1v) is 8.03. The van der Waals surface area contributed by atoms with Gasteiger partial charge in [0.25, 0.3) is 0 Å². The number of hydrogen-bond donors (Lipinski definition) is 1. The lowest BCUT2D eigenvalue weighted by molar-refractivity contribution is -0.122. The van der Waals surface area contributed by atoms with Gasteiger partial charge in [0, 0.05) is 18.9 Å². The van der Waals surface area contributed by atoms with Crippen molar-refractivity contribution in [1.82, 2.24) is 9.55 Å². The molecule has 25 heavy (non-hydrogen) atoms. The number of halogens is 1. The molecule has 0 bridgehead atoms. The predicted molar refractivity (Wildman–Crippen MR) is 102 cm³/mol. The van der Waals surface area contributed by atoms with Crippen LogP contribution in [0, 0.1) is 6.92 Å². The fourth-order valence-corrected chi connectivity index (χ4v) is 3.24. The molecule has 1 aromatic heterocycles. The summed E-state index contributed by atoms with van der Waals surface area (Å²) in [7, 11) is 0. The number of carbonyl (C=O) groups excluding carboxylic acids is 1. The van der Waals surface area contributed by atoms with Crippen molar-refractivity contribution in [2.24, 2.45) is 5.73 Å². The van der Waals surface area contributed by atoms with Gasteiger partial charge >= 0.3 is 0 Å². The van der Waals surface area contributed by atoms with E-state index in [0.717, 1.165) is 17.0 Å². The molecule has 1 amide bonds. The third-order valence-corrected chi connectivity index (χ3v) is 4.61. The SMILES string of the molecule is Cc1nccn1CCC(C(N)=O)(c1ccccc1)c1ccccc1.Cl. The van der Waals surface area contributed by atoms with E-state index in [-0.39, 0.29) is 18.3 Å². The molecule has 1 heterocycles. The van der Waals surface area contributed by atoms with Crippen molar-refractivity contribution >= 4 is 18.3 Å². The number of amides is 1. The highest BCUT2D eigenvalue weighted by atomic mass is 35.5. The molecular weight excluding hydrogens is 334 g/mol. The molecule has 3 aromatic rings. The largest absolute Gasteiger partial charge is 0.369 e. The fraction of sp³-hybridized carbons (Fsp3) is 0.200. The lowest BCUT2D eigenvalue weighted by Crippen LogP contribution is -2.43. The molecule has 0 saturated carbocycles. The third-order valence-electron chi connectivity index (χ3n) is 4.61. The monoisotopic (exact) mass is 355 g/mol. The van der Waals surface area contributed by atoms with Crippen LogP contribution in [-0.4, -0.2) is 15.5 Å². The number of nitrogens with two attached hydrogens (primary N) is 1. The van der Waals surface area contributed by atoms with Crippen LogP contribution in [0.15, 0.2) is 73.1 Å². The van der Waals surface area contributed by atoms with E-state index < -0.39 is 5.41 Å². The van der Waals surface area contributed by atoms with Crippen molar-refractivity contribution in [3.8, 4) is 0 Å². The normalized spacial score (nSPS) is 10.9. The first kappa shape index (κ1) is 18.7. The summed E-state index contributed by atoms with van der Waals surface area (Å²) in [6.45, 7) is 2.62. The Labute approximate surface area is 154 Å². The summed E-state index contributed by atoms with van der Waals surface area (Å²) in [4.78, 5) is 16.9. The zero-order chi connectivity index (χ0) is 17.0. The summed E-state index contributed by atoms with van der Waals surface area (Å²) in [6.07, 6.45) is 4.27. The second kappa shape index (κ2) is 7.99. The first-order chi connectivity index (χ1) is 11.6. The molecule has 0 saturated heterocycles. The molecule has 0 fully saturated rings. The smallest absolute Gasteiger partial charge is 0.232 e. The van der Waals surface area contributed by atoms with Crippen LogP contribution in [0.3, 0.4) is 0 Å². The Morgan fingerprint density at radius 3 is 1.96 bits per heavy atom. The van der Waals surface area contributed by atoms with Crippen LogP contribution >= 0.6 is 12.4 Å². The van der Waals surface area contributed by atoms with Gasteiger partial charge in [0.05, 0.1) is 0 Å². The van der Waals surface area contributed by atoms with E-state index >= 15 is 0 Å². The van der Waals surface area contributed by atoms with Gasteiger partial charge < -0.3 is 10.3 Å². The van der Waals surface area contributed by atoms with Crippen molar-refractivity contribution in [3.63, 3.8) is 0 Å². The number of nitrogens with zero attached hydrogens (tertiary/aromatic N) is 2. The second-order valence-electron chi connectivity index (χ2n) is 5.92. The van der Waals surface area contributed by atoms with Gasteiger partial charge in [-0.25, -0.2) is 4.98 Å². The van der Waals surface area contributed by atoms with Gasteiger partial charge in [0.2, 0.25) is 5.91 Å². The topological polar surface area (TPSA) is 60.9 Å². The molecule has 0 atom stereocenters. The van der Waals surface area contributed by atoms with Crippen molar-refractivity contribution in [2.45, 2.75) is 25.3 Å². The molecule has 3 rings (SSSR count). The van der Waals surface area contributed by atoms with Crippen molar-refractivity contribution in [1.29, 1.82) is 0 Å². The lowest BCUT2D eigenvalue weighted by Gasteiger charge is -2.32. The molecule has 5 heteroatoms. The highest BCUT2D eigenvalue weighted by molar-refractivity contribution is 5.90. The number of imidazole rings is 1. The lowest BCUT2D eigenvalue weighted by atomic mass is 9.71. The van der Waals surface area contributed by atoms with Gasteiger partial charge in [0.15, 0.2) is 0 Å². The molecule has 130 valence electrons. The van der Waals surface area contributed by atoms with Gasteiger partial charge in [0.1, 0.15) is 11.2 Å². The van der Waals surface area contributed by atoms with E-state index in [1.54, 1.807) is 6.20 Å². The van der Waals surface area contributed by atoms with Crippen molar-refractivity contribution in [2.75, 3.05) is 0 Å². The molecule has 0 unspecified atom stereocenters. The molecule has 0 aliphatic heterocycles. The Kier molecular flexibility index (Phi) is 5.99. The maximum Gasteiger partial charge on any atom is 0.232 e. The van der Waals surface area contributed by atoms with Gasteiger partial charge in [-0.05, 0) is 24.5 Å². The number of carbonyl (C=O) groups is 1. The third kappa shape index (κ3) is 3.59. The molecule has 0 aliphatic rings. The molecule has 0 aliphatic carbocycles. The van der Waals surface area contributed by atoms with Crippen LogP contribution in [0.25, 0.3) is 0 Å². The number of primary amides is 1. The Hall–Kier alpha value is -2.59. The number of aryl methyl sites for hydroxylation is 2. The number of aromatic nitrogens is 2. The summed E-state index contributed by atoms with van der Waals surface area (Å²) in [5, 5.41) is 0. The van der Waals surface area contributed by atoms with Crippen LogP contribution < -0.4 is 5.73 Å². The second-order valence-corrected chi connectivity index (χ2v) is 5.92. The molecule has 0 spiro atoms. The van der Waals surface area contributed by atoms with Crippen molar-refractivity contribution < 1.29 is 4.79 Å². The van der Waals surface area contributed by atoms with Gasteiger partial charge in [-0.15, -0.1) is 12.4 Å². The Morgan fingerprint density at radius 2 is 1.56 bits per heavy atom. The molecule has 4 nitrogen and oxygen atoms in total. The zero-order valence-electron chi connectivity index (χ0n) is 14.1. The quantitative estimate of drug-likeness (QED) is 0.735. The van der Waals surface area contributed by atoms with E-state index in [9.17, 15) is 4.79 Å². The minimum atomic E-state index is -0.862. The van der Waals surface area contributed by atoms with Crippen LogP contribution in [-0.2, 0) is 16.8 Å². The van der Waals surface area contributed by atoms with E-state index in [1.807, 2.05) is 78.4 Å². The van der Waals surface area contributed by atoms with E-state index in [2.05, 4.69) is 4.98 Å². The summed E-state index contributed by atoms with van der Waals surface area (Å²) in [5.41, 5.74) is 6.92.